The van der Waals surface area contributed by atoms with Crippen LogP contribution in [0.4, 0.5) is 0 Å². The summed E-state index contributed by atoms with van der Waals surface area (Å²) in [5.74, 6) is 0. The number of thioether (sulfide) groups is 1. The summed E-state index contributed by atoms with van der Waals surface area (Å²) in [6.45, 7) is 1.10. The first-order valence-corrected chi connectivity index (χ1v) is 10.8. The zero-order chi connectivity index (χ0) is 21.0. The molecule has 3 rings (SSSR count). The Labute approximate surface area is 184 Å². The van der Waals surface area contributed by atoms with Crippen molar-refractivity contribution in [1.82, 2.24) is 20.0 Å². The molecule has 0 aliphatic carbocycles. The largest absolute Gasteiger partial charge is 0.394 e. The lowest BCUT2D eigenvalue weighted by atomic mass is 10.2. The van der Waals surface area contributed by atoms with E-state index in [1.165, 1.54) is 22.9 Å². The number of hydrogen-bond acceptors (Lipinski definition) is 9. The third-order valence-corrected chi connectivity index (χ3v) is 6.27. The molecule has 29 heavy (non-hydrogen) atoms. The molecule has 8 nitrogen and oxygen atoms in total. The highest BCUT2D eigenvalue weighted by atomic mass is 35.5. The first-order valence-electron chi connectivity index (χ1n) is 8.25. The number of ether oxygens (including phenoxy) is 1. The molecule has 0 aliphatic rings. The molecule has 0 radical (unpaired) electrons. The molecule has 0 spiro atoms. The molecule has 0 amide bonds. The van der Waals surface area contributed by atoms with Crippen molar-refractivity contribution >= 4 is 46.3 Å². The zero-order valence-corrected chi connectivity index (χ0v) is 18.1. The van der Waals surface area contributed by atoms with E-state index in [2.05, 4.69) is 21.4 Å². The van der Waals surface area contributed by atoms with Gasteiger partial charge in [0.25, 0.3) is 0 Å². The van der Waals surface area contributed by atoms with Gasteiger partial charge in [0, 0.05) is 15.3 Å². The van der Waals surface area contributed by atoms with Crippen LogP contribution in [-0.2, 0) is 4.74 Å². The second-order valence-electron chi connectivity index (χ2n) is 5.83. The molecule has 0 saturated heterocycles. The van der Waals surface area contributed by atoms with E-state index < -0.39 is 24.4 Å². The summed E-state index contributed by atoms with van der Waals surface area (Å²) in [6, 6.07) is 6.95. The summed E-state index contributed by atoms with van der Waals surface area (Å²) in [5, 5.41) is 40.1. The van der Waals surface area contributed by atoms with Crippen molar-refractivity contribution in [3.63, 3.8) is 0 Å². The number of rotatable bonds is 8. The number of aliphatic hydroxyl groups is 2. The van der Waals surface area contributed by atoms with Gasteiger partial charge in [0.1, 0.15) is 28.0 Å². The van der Waals surface area contributed by atoms with Crippen molar-refractivity contribution < 1.29 is 14.9 Å². The maximum absolute atomic E-state index is 9.87. The van der Waals surface area contributed by atoms with Crippen molar-refractivity contribution in [3.05, 3.63) is 45.5 Å². The van der Waals surface area contributed by atoms with Crippen molar-refractivity contribution in [2.45, 2.75) is 29.6 Å². The predicted molar refractivity (Wildman–Crippen MR) is 111 cm³/mol. The summed E-state index contributed by atoms with van der Waals surface area (Å²) in [6.07, 6.45) is -0.197. The van der Waals surface area contributed by atoms with E-state index in [0.717, 1.165) is 11.8 Å². The maximum Gasteiger partial charge on any atom is 0.204 e. The van der Waals surface area contributed by atoms with Crippen LogP contribution in [0.3, 0.4) is 0 Å². The monoisotopic (exact) mass is 471 g/mol. The molecule has 3 aromatic rings. The number of aromatic nitrogens is 4. The molecular formula is C17H15Cl2N5O3S2. The van der Waals surface area contributed by atoms with Gasteiger partial charge >= 0.3 is 0 Å². The van der Waals surface area contributed by atoms with Crippen LogP contribution in [0, 0.1) is 11.3 Å². The van der Waals surface area contributed by atoms with E-state index in [1.807, 2.05) is 0 Å². The van der Waals surface area contributed by atoms with E-state index >= 15 is 0 Å². The van der Waals surface area contributed by atoms with E-state index in [-0.39, 0.29) is 0 Å². The second kappa shape index (κ2) is 9.86. The van der Waals surface area contributed by atoms with Crippen LogP contribution >= 0.6 is 46.3 Å². The Morgan fingerprint density at radius 2 is 2.21 bits per heavy atom. The molecule has 0 aliphatic heterocycles. The Morgan fingerprint density at radius 3 is 2.83 bits per heavy atom. The summed E-state index contributed by atoms with van der Waals surface area (Å²) in [7, 11) is 0. The SMILES string of the molecule is C[C@@H](O)C(CO)OC(Sc1cc(Cl)ccc1C#N)n1cc(-c2nc(Cl)cs2)nn1. The van der Waals surface area contributed by atoms with Crippen LogP contribution < -0.4 is 0 Å². The number of hydrogen-bond donors (Lipinski definition) is 2. The number of benzene rings is 1. The first-order chi connectivity index (χ1) is 13.9. The summed E-state index contributed by atoms with van der Waals surface area (Å²) in [5.41, 5.74) is 0.0435. The van der Waals surface area contributed by atoms with Gasteiger partial charge in [0.2, 0.25) is 5.56 Å². The third-order valence-electron chi connectivity index (χ3n) is 3.72. The fourth-order valence-electron chi connectivity index (χ4n) is 2.25. The molecule has 0 fully saturated rings. The Kier molecular flexibility index (Phi) is 7.48. The molecule has 1 aromatic carbocycles. The number of nitrogens with zero attached hydrogens (tertiary/aromatic N) is 5. The molecule has 0 bridgehead atoms. The fraction of sp³-hybridized carbons (Fsp3) is 0.294. The second-order valence-corrected chi connectivity index (χ2v) is 8.59. The quantitative estimate of drug-likeness (QED) is 0.377. The zero-order valence-electron chi connectivity index (χ0n) is 14.9. The highest BCUT2D eigenvalue weighted by Gasteiger charge is 2.25. The lowest BCUT2D eigenvalue weighted by Gasteiger charge is -2.25. The Morgan fingerprint density at radius 1 is 1.41 bits per heavy atom. The third kappa shape index (κ3) is 5.46. The van der Waals surface area contributed by atoms with Crippen LogP contribution in [0.1, 0.15) is 18.0 Å². The van der Waals surface area contributed by atoms with Gasteiger partial charge in [-0.1, -0.05) is 40.2 Å². The first kappa shape index (κ1) is 22.0. The molecule has 2 N–H and O–H groups in total. The predicted octanol–water partition coefficient (Wildman–Crippen LogP) is 3.59. The van der Waals surface area contributed by atoms with E-state index in [1.54, 1.807) is 29.8 Å². The van der Waals surface area contributed by atoms with Crippen molar-refractivity contribution in [2.24, 2.45) is 0 Å². The molecule has 152 valence electrons. The number of nitriles is 1. The summed E-state index contributed by atoms with van der Waals surface area (Å²) >= 11 is 14.4. The van der Waals surface area contributed by atoms with Gasteiger partial charge in [-0.25, -0.2) is 9.67 Å². The van der Waals surface area contributed by atoms with Gasteiger partial charge in [-0.3, -0.25) is 0 Å². The topological polar surface area (TPSA) is 117 Å². The molecule has 0 saturated carbocycles. The van der Waals surface area contributed by atoms with Crippen molar-refractivity contribution in [2.75, 3.05) is 6.61 Å². The van der Waals surface area contributed by atoms with Crippen LogP contribution in [0.25, 0.3) is 10.7 Å². The van der Waals surface area contributed by atoms with Crippen LogP contribution in [0.2, 0.25) is 10.2 Å². The van der Waals surface area contributed by atoms with Crippen LogP contribution in [0.15, 0.2) is 34.7 Å². The average molecular weight is 472 g/mol. The minimum absolute atomic E-state index is 0.355. The number of thiazole rings is 1. The Balaban J connectivity index is 1.94. The summed E-state index contributed by atoms with van der Waals surface area (Å²) in [4.78, 5) is 4.72. The lowest BCUT2D eigenvalue weighted by molar-refractivity contribution is -0.0886. The standard InChI is InChI=1S/C17H15Cl2N5O3S2/c1-9(26)13(7-25)27-17(29-14-4-11(18)3-2-10(14)5-20)24-6-12(22-23-24)16-21-15(19)8-28-16/h2-4,6,8-9,13,17,25-26H,7H2,1H3/t9-,13?,17?/m1/s1. The van der Waals surface area contributed by atoms with E-state index in [9.17, 15) is 15.5 Å². The Hall–Kier alpha value is -1.71. The normalized spacial score (nSPS) is 14.3. The molecule has 3 atom stereocenters. The highest BCUT2D eigenvalue weighted by molar-refractivity contribution is 7.99. The van der Waals surface area contributed by atoms with Gasteiger partial charge in [0.15, 0.2) is 0 Å². The smallest absolute Gasteiger partial charge is 0.204 e. The molecule has 12 heteroatoms. The molecule has 2 heterocycles. The van der Waals surface area contributed by atoms with Gasteiger partial charge in [-0.2, -0.15) is 5.26 Å². The van der Waals surface area contributed by atoms with Gasteiger partial charge < -0.3 is 14.9 Å². The van der Waals surface area contributed by atoms with Crippen LogP contribution in [-0.4, -0.2) is 49.0 Å². The van der Waals surface area contributed by atoms with E-state index in [0.29, 0.717) is 31.3 Å². The maximum atomic E-state index is 9.87. The summed E-state index contributed by atoms with van der Waals surface area (Å²) < 4.78 is 7.29. The molecule has 2 unspecified atom stereocenters. The van der Waals surface area contributed by atoms with Gasteiger partial charge in [-0.15, -0.1) is 16.4 Å². The Bertz CT molecular complexity index is 1020. The minimum atomic E-state index is -0.932. The number of halogens is 2. The fourth-order valence-corrected chi connectivity index (χ4v) is 4.44. The van der Waals surface area contributed by atoms with Gasteiger partial charge in [-0.05, 0) is 25.1 Å². The van der Waals surface area contributed by atoms with Crippen molar-refractivity contribution in [1.29, 1.82) is 5.26 Å². The lowest BCUT2D eigenvalue weighted by Crippen LogP contribution is -2.32. The van der Waals surface area contributed by atoms with Crippen LogP contribution in [0.5, 0.6) is 0 Å². The average Bonchev–Trinajstić information content (AvgIpc) is 3.34. The molecule has 2 aromatic heterocycles. The minimum Gasteiger partial charge on any atom is -0.394 e. The molecular weight excluding hydrogens is 457 g/mol. The highest BCUT2D eigenvalue weighted by Crippen LogP contribution is 2.37. The number of aliphatic hydroxyl groups excluding tert-OH is 2. The van der Waals surface area contributed by atoms with Gasteiger partial charge in [0.05, 0.1) is 24.5 Å². The van der Waals surface area contributed by atoms with E-state index in [4.69, 9.17) is 27.9 Å². The van der Waals surface area contributed by atoms with Crippen molar-refractivity contribution in [3.8, 4) is 16.8 Å².